The molecule has 0 aromatic heterocycles. The van der Waals surface area contributed by atoms with Crippen LogP contribution in [0.4, 0.5) is 11.4 Å². The van der Waals surface area contributed by atoms with Crippen LogP contribution in [0.15, 0.2) is 60.7 Å². The molecule has 1 N–H and O–H groups in total. The van der Waals surface area contributed by atoms with E-state index in [1.54, 1.807) is 80.8 Å². The number of methoxy groups -OCH3 is 3. The topological polar surface area (TPSA) is 77.1 Å². The van der Waals surface area contributed by atoms with Crippen molar-refractivity contribution in [2.75, 3.05) is 38.1 Å². The first-order chi connectivity index (χ1) is 15.5. The fraction of sp³-hybridized carbons (Fsp3) is 0.200. The van der Waals surface area contributed by atoms with Gasteiger partial charge in [0.2, 0.25) is 0 Å². The molecule has 3 aromatic rings. The van der Waals surface area contributed by atoms with E-state index in [1.807, 2.05) is 6.07 Å². The normalized spacial score (nSPS) is 12.2. The first-order valence-electron chi connectivity index (χ1n) is 10.2. The summed E-state index contributed by atoms with van der Waals surface area (Å²) in [5.74, 6) is 1.44. The largest absolute Gasteiger partial charge is 0.497 e. The molecular formula is C25H24N2O5. The molecule has 2 amide bonds. The molecule has 1 aliphatic heterocycles. The summed E-state index contributed by atoms with van der Waals surface area (Å²) >= 11 is 0. The second kappa shape index (κ2) is 9.01. The van der Waals surface area contributed by atoms with Gasteiger partial charge in [0.1, 0.15) is 17.2 Å². The maximum absolute atomic E-state index is 13.1. The van der Waals surface area contributed by atoms with Gasteiger partial charge in [-0.2, -0.15) is 0 Å². The zero-order valence-electron chi connectivity index (χ0n) is 18.2. The van der Waals surface area contributed by atoms with Crippen LogP contribution in [0.25, 0.3) is 0 Å². The molecule has 1 heterocycles. The van der Waals surface area contributed by atoms with E-state index < -0.39 is 0 Å². The molecule has 4 rings (SSSR count). The molecule has 164 valence electrons. The van der Waals surface area contributed by atoms with E-state index in [2.05, 4.69) is 5.32 Å². The van der Waals surface area contributed by atoms with Gasteiger partial charge in [0, 0.05) is 47.2 Å². The number of ether oxygens (including phenoxy) is 3. The first kappa shape index (κ1) is 21.2. The maximum atomic E-state index is 13.1. The monoisotopic (exact) mass is 432 g/mol. The van der Waals surface area contributed by atoms with Crippen molar-refractivity contribution < 1.29 is 23.8 Å². The van der Waals surface area contributed by atoms with Gasteiger partial charge in [0.05, 0.1) is 21.3 Å². The second-order valence-electron chi connectivity index (χ2n) is 7.33. The molecule has 1 aliphatic rings. The lowest BCUT2D eigenvalue weighted by atomic mass is 10.1. The van der Waals surface area contributed by atoms with Crippen molar-refractivity contribution >= 4 is 23.2 Å². The zero-order valence-corrected chi connectivity index (χ0v) is 18.2. The van der Waals surface area contributed by atoms with E-state index in [9.17, 15) is 9.59 Å². The maximum Gasteiger partial charge on any atom is 0.258 e. The van der Waals surface area contributed by atoms with E-state index in [1.165, 1.54) is 0 Å². The van der Waals surface area contributed by atoms with Gasteiger partial charge in [-0.1, -0.05) is 6.07 Å². The Morgan fingerprint density at radius 3 is 2.03 bits per heavy atom. The third-order valence-corrected chi connectivity index (χ3v) is 5.43. The van der Waals surface area contributed by atoms with E-state index in [4.69, 9.17) is 14.2 Å². The number of amides is 2. The van der Waals surface area contributed by atoms with Gasteiger partial charge in [0.25, 0.3) is 11.8 Å². The van der Waals surface area contributed by atoms with E-state index in [0.29, 0.717) is 40.6 Å². The van der Waals surface area contributed by atoms with Crippen molar-refractivity contribution in [2.45, 2.75) is 6.42 Å². The van der Waals surface area contributed by atoms with Crippen molar-refractivity contribution in [3.05, 3.63) is 77.4 Å². The smallest absolute Gasteiger partial charge is 0.258 e. The highest BCUT2D eigenvalue weighted by molar-refractivity contribution is 6.09. The van der Waals surface area contributed by atoms with Gasteiger partial charge in [-0.25, -0.2) is 0 Å². The summed E-state index contributed by atoms with van der Waals surface area (Å²) in [5, 5.41) is 2.87. The Morgan fingerprint density at radius 1 is 0.781 bits per heavy atom. The summed E-state index contributed by atoms with van der Waals surface area (Å²) in [4.78, 5) is 27.7. The number of hydrogen-bond donors (Lipinski definition) is 1. The van der Waals surface area contributed by atoms with Gasteiger partial charge in [-0.3, -0.25) is 9.59 Å². The number of hydrogen-bond acceptors (Lipinski definition) is 5. The molecule has 3 aromatic carbocycles. The third kappa shape index (κ3) is 4.23. The second-order valence-corrected chi connectivity index (χ2v) is 7.33. The van der Waals surface area contributed by atoms with E-state index in [-0.39, 0.29) is 11.8 Å². The molecule has 0 spiro atoms. The lowest BCUT2D eigenvalue weighted by Crippen LogP contribution is -2.29. The van der Waals surface area contributed by atoms with Crippen molar-refractivity contribution in [3.8, 4) is 17.2 Å². The van der Waals surface area contributed by atoms with Crippen LogP contribution in [0.1, 0.15) is 26.3 Å². The molecule has 0 saturated carbocycles. The highest BCUT2D eigenvalue weighted by Gasteiger charge is 2.26. The standard InChI is InChI=1S/C25H24N2O5/c1-30-20-8-6-17(7-9-20)25(29)27-11-10-16-4-5-18(12-23(16)27)24(28)26-19-13-21(31-2)15-22(14-19)32-3/h4-9,12-15H,10-11H2,1-3H3,(H,26,28). The SMILES string of the molecule is COc1ccc(C(=O)N2CCc3ccc(C(=O)Nc4cc(OC)cc(OC)c4)cc32)cc1. The number of anilines is 2. The molecule has 0 bridgehead atoms. The highest BCUT2D eigenvalue weighted by Crippen LogP contribution is 2.31. The van der Waals surface area contributed by atoms with Gasteiger partial charge in [0.15, 0.2) is 0 Å². The molecule has 0 fully saturated rings. The Bertz CT molecular complexity index is 1140. The molecule has 0 unspecified atom stereocenters. The summed E-state index contributed by atoms with van der Waals surface area (Å²) < 4.78 is 15.7. The van der Waals surface area contributed by atoms with E-state index in [0.717, 1.165) is 17.7 Å². The number of nitrogens with zero attached hydrogens (tertiary/aromatic N) is 1. The van der Waals surface area contributed by atoms with Crippen LogP contribution in [0.2, 0.25) is 0 Å². The number of rotatable bonds is 6. The van der Waals surface area contributed by atoms with Crippen molar-refractivity contribution in [2.24, 2.45) is 0 Å². The van der Waals surface area contributed by atoms with E-state index >= 15 is 0 Å². The average Bonchev–Trinajstić information content (AvgIpc) is 3.26. The minimum Gasteiger partial charge on any atom is -0.497 e. The Morgan fingerprint density at radius 2 is 1.41 bits per heavy atom. The van der Waals surface area contributed by atoms with Crippen LogP contribution in [0.5, 0.6) is 17.2 Å². The number of nitrogens with one attached hydrogen (secondary N) is 1. The number of carbonyl (C=O) groups excluding carboxylic acids is 2. The first-order valence-corrected chi connectivity index (χ1v) is 10.2. The average molecular weight is 432 g/mol. The Balaban J connectivity index is 1.57. The van der Waals surface area contributed by atoms with Gasteiger partial charge in [-0.05, 0) is 48.4 Å². The van der Waals surface area contributed by atoms with Crippen LogP contribution < -0.4 is 24.4 Å². The summed E-state index contributed by atoms with van der Waals surface area (Å²) in [6.45, 7) is 0.568. The summed E-state index contributed by atoms with van der Waals surface area (Å²) in [6.07, 6.45) is 0.742. The zero-order chi connectivity index (χ0) is 22.7. The Kier molecular flexibility index (Phi) is 5.98. The fourth-order valence-electron chi connectivity index (χ4n) is 3.70. The summed E-state index contributed by atoms with van der Waals surface area (Å²) in [6, 6.07) is 17.6. The molecule has 0 aliphatic carbocycles. The lowest BCUT2D eigenvalue weighted by molar-refractivity contribution is 0.0986. The number of carbonyl (C=O) groups is 2. The van der Waals surface area contributed by atoms with Crippen LogP contribution in [-0.2, 0) is 6.42 Å². The lowest BCUT2D eigenvalue weighted by Gasteiger charge is -2.18. The van der Waals surface area contributed by atoms with Crippen molar-refractivity contribution in [1.29, 1.82) is 0 Å². The van der Waals surface area contributed by atoms with Crippen LogP contribution in [-0.4, -0.2) is 39.7 Å². The molecule has 0 saturated heterocycles. The number of fused-ring (bicyclic) bond motifs is 1. The predicted octanol–water partition coefficient (Wildman–Crippen LogP) is 4.17. The molecule has 0 radical (unpaired) electrons. The summed E-state index contributed by atoms with van der Waals surface area (Å²) in [5.41, 5.74) is 3.36. The minimum atomic E-state index is -0.285. The van der Waals surface area contributed by atoms with Crippen molar-refractivity contribution in [3.63, 3.8) is 0 Å². The quantitative estimate of drug-likeness (QED) is 0.633. The fourth-order valence-corrected chi connectivity index (χ4v) is 3.70. The summed E-state index contributed by atoms with van der Waals surface area (Å²) in [7, 11) is 4.69. The van der Waals surface area contributed by atoms with Gasteiger partial charge >= 0.3 is 0 Å². The van der Waals surface area contributed by atoms with Crippen LogP contribution in [0.3, 0.4) is 0 Å². The highest BCUT2D eigenvalue weighted by atomic mass is 16.5. The molecule has 7 heteroatoms. The Hall–Kier alpha value is -4.00. The van der Waals surface area contributed by atoms with Gasteiger partial charge < -0.3 is 24.4 Å². The minimum absolute atomic E-state index is 0.110. The predicted molar refractivity (Wildman–Crippen MR) is 122 cm³/mol. The van der Waals surface area contributed by atoms with Crippen LogP contribution in [0, 0.1) is 0 Å². The van der Waals surface area contributed by atoms with Crippen molar-refractivity contribution in [1.82, 2.24) is 0 Å². The Labute approximate surface area is 186 Å². The van der Waals surface area contributed by atoms with Crippen LogP contribution >= 0.6 is 0 Å². The molecule has 0 atom stereocenters. The molecule has 32 heavy (non-hydrogen) atoms. The molecule has 7 nitrogen and oxygen atoms in total. The van der Waals surface area contributed by atoms with Gasteiger partial charge in [-0.15, -0.1) is 0 Å². The third-order valence-electron chi connectivity index (χ3n) is 5.43. The number of benzene rings is 3. The molecular weight excluding hydrogens is 408 g/mol.